The molecule has 1 saturated heterocycles. The maximum atomic E-state index is 12.9. The molecule has 4 N–H and O–H groups in total. The van der Waals surface area contributed by atoms with Crippen molar-refractivity contribution >= 4 is 34.4 Å². The molecule has 11 heteroatoms. The monoisotopic (exact) mass is 463 g/mol. The molecule has 0 spiro atoms. The summed E-state index contributed by atoms with van der Waals surface area (Å²) in [5.74, 6) is 1.17. The summed E-state index contributed by atoms with van der Waals surface area (Å²) in [7, 11) is 1.55. The Hall–Kier alpha value is -3.83. The molecule has 3 aromatic rings. The normalized spacial score (nSPS) is 19.6. The molecule has 0 saturated carbocycles. The maximum Gasteiger partial charge on any atom is 0.263 e. The SMILES string of the molecule is COc1ccc2nccc(NC(=O)[C@@H]3CC[C@@H](NCc4ccc5c(n4)NC(=O)CO5)CN3)c2n1. The summed E-state index contributed by atoms with van der Waals surface area (Å²) in [6.07, 6.45) is 3.16. The molecule has 5 rings (SSSR count). The fourth-order valence-electron chi connectivity index (χ4n) is 4.05. The van der Waals surface area contributed by atoms with Gasteiger partial charge in [-0.1, -0.05) is 0 Å². The molecule has 11 nitrogen and oxygen atoms in total. The Morgan fingerprint density at radius 3 is 2.94 bits per heavy atom. The molecule has 0 aliphatic carbocycles. The van der Waals surface area contributed by atoms with E-state index in [2.05, 4.69) is 36.2 Å². The molecule has 2 aliphatic rings. The first kappa shape index (κ1) is 22.0. The predicted octanol–water partition coefficient (Wildman–Crippen LogP) is 1.21. The molecule has 1 fully saturated rings. The molecule has 34 heavy (non-hydrogen) atoms. The summed E-state index contributed by atoms with van der Waals surface area (Å²) in [5.41, 5.74) is 2.67. The van der Waals surface area contributed by atoms with Gasteiger partial charge in [-0.3, -0.25) is 14.6 Å². The van der Waals surface area contributed by atoms with Gasteiger partial charge < -0.3 is 30.7 Å². The Morgan fingerprint density at radius 2 is 2.12 bits per heavy atom. The molecule has 5 heterocycles. The number of anilines is 2. The lowest BCUT2D eigenvalue weighted by Crippen LogP contribution is -2.52. The summed E-state index contributed by atoms with van der Waals surface area (Å²) in [5, 5.41) is 12.5. The first-order valence-corrected chi connectivity index (χ1v) is 11.1. The number of nitrogens with zero attached hydrogens (tertiary/aromatic N) is 3. The molecule has 0 aromatic carbocycles. The van der Waals surface area contributed by atoms with Gasteiger partial charge in [0.2, 0.25) is 11.8 Å². The van der Waals surface area contributed by atoms with Crippen molar-refractivity contribution in [2.75, 3.05) is 30.9 Å². The Morgan fingerprint density at radius 1 is 1.21 bits per heavy atom. The Balaban J connectivity index is 1.14. The number of ether oxygens (including phenoxy) is 2. The second-order valence-electron chi connectivity index (χ2n) is 8.17. The second kappa shape index (κ2) is 9.57. The van der Waals surface area contributed by atoms with Crippen LogP contribution in [0, 0.1) is 0 Å². The summed E-state index contributed by atoms with van der Waals surface area (Å²) in [4.78, 5) is 37.5. The highest BCUT2D eigenvalue weighted by molar-refractivity contribution is 6.01. The highest BCUT2D eigenvalue weighted by Gasteiger charge is 2.26. The van der Waals surface area contributed by atoms with Crippen LogP contribution in [0.4, 0.5) is 11.5 Å². The molecule has 2 atom stereocenters. The van der Waals surface area contributed by atoms with Crippen molar-refractivity contribution in [1.82, 2.24) is 25.6 Å². The van der Waals surface area contributed by atoms with Crippen molar-refractivity contribution in [3.8, 4) is 11.6 Å². The van der Waals surface area contributed by atoms with Crippen LogP contribution in [0.3, 0.4) is 0 Å². The van der Waals surface area contributed by atoms with Crippen LogP contribution in [-0.2, 0) is 16.1 Å². The Kier molecular flexibility index (Phi) is 6.19. The van der Waals surface area contributed by atoms with Crippen LogP contribution >= 0.6 is 0 Å². The standard InChI is InChI=1S/C23H25N7O4/c1-33-20-7-5-15-21(30-20)16(8-9-24-15)28-23(32)17-4-2-13(10-26-17)25-11-14-3-6-18-22(27-14)29-19(31)12-34-18/h3,5-9,13,17,25-26H,2,4,10-12H2,1H3,(H,24,28,32)(H,27,29,31)/t13-,17+/m1/s1. The van der Waals surface area contributed by atoms with Gasteiger partial charge >= 0.3 is 0 Å². The van der Waals surface area contributed by atoms with Gasteiger partial charge in [0, 0.05) is 31.4 Å². The van der Waals surface area contributed by atoms with Gasteiger partial charge in [0.1, 0.15) is 5.52 Å². The number of fused-ring (bicyclic) bond motifs is 2. The molecule has 0 bridgehead atoms. The molecule has 3 aromatic heterocycles. The van der Waals surface area contributed by atoms with Crippen LogP contribution in [-0.4, -0.2) is 59.1 Å². The van der Waals surface area contributed by atoms with Crippen molar-refractivity contribution in [3.63, 3.8) is 0 Å². The number of methoxy groups -OCH3 is 1. The predicted molar refractivity (Wildman–Crippen MR) is 125 cm³/mol. The van der Waals surface area contributed by atoms with Crippen molar-refractivity contribution in [3.05, 3.63) is 42.2 Å². The molecule has 176 valence electrons. The van der Waals surface area contributed by atoms with Crippen molar-refractivity contribution in [2.45, 2.75) is 31.5 Å². The fourth-order valence-corrected chi connectivity index (χ4v) is 4.05. The van der Waals surface area contributed by atoms with E-state index in [1.165, 1.54) is 0 Å². The van der Waals surface area contributed by atoms with E-state index in [-0.39, 0.29) is 30.5 Å². The quantitative estimate of drug-likeness (QED) is 0.425. The van der Waals surface area contributed by atoms with Crippen LogP contribution < -0.4 is 30.7 Å². The number of piperidine rings is 1. The zero-order chi connectivity index (χ0) is 23.5. The van der Waals surface area contributed by atoms with Gasteiger partial charge in [-0.25, -0.2) is 9.97 Å². The third-order valence-electron chi connectivity index (χ3n) is 5.86. The lowest BCUT2D eigenvalue weighted by Gasteiger charge is -2.30. The number of carbonyl (C=O) groups excluding carboxylic acids is 2. The van der Waals surface area contributed by atoms with E-state index in [0.29, 0.717) is 53.7 Å². The minimum atomic E-state index is -0.305. The van der Waals surface area contributed by atoms with Gasteiger partial charge in [-0.2, -0.15) is 0 Å². The number of aromatic nitrogens is 3. The third-order valence-corrected chi connectivity index (χ3v) is 5.86. The maximum absolute atomic E-state index is 12.9. The number of rotatable bonds is 6. The molecular weight excluding hydrogens is 438 g/mol. The smallest absolute Gasteiger partial charge is 0.263 e. The largest absolute Gasteiger partial charge is 0.481 e. The highest BCUT2D eigenvalue weighted by Crippen LogP contribution is 2.25. The number of hydrogen-bond acceptors (Lipinski definition) is 9. The number of pyridine rings is 3. The molecule has 2 amide bonds. The van der Waals surface area contributed by atoms with Gasteiger partial charge in [0.25, 0.3) is 5.91 Å². The number of hydrogen-bond donors (Lipinski definition) is 4. The summed E-state index contributed by atoms with van der Waals surface area (Å²) < 4.78 is 10.5. The van der Waals surface area contributed by atoms with Crippen LogP contribution in [0.25, 0.3) is 11.0 Å². The van der Waals surface area contributed by atoms with Gasteiger partial charge in [0.05, 0.1) is 30.0 Å². The van der Waals surface area contributed by atoms with Crippen molar-refractivity contribution < 1.29 is 19.1 Å². The summed E-state index contributed by atoms with van der Waals surface area (Å²) in [6, 6.07) is 8.86. The van der Waals surface area contributed by atoms with E-state index < -0.39 is 0 Å². The minimum absolute atomic E-state index is 0.0108. The Bertz CT molecular complexity index is 1230. The van der Waals surface area contributed by atoms with Crippen molar-refractivity contribution in [2.24, 2.45) is 0 Å². The van der Waals surface area contributed by atoms with Crippen LogP contribution in [0.5, 0.6) is 11.6 Å². The van der Waals surface area contributed by atoms with E-state index in [1.54, 1.807) is 25.4 Å². The van der Waals surface area contributed by atoms with E-state index >= 15 is 0 Å². The topological polar surface area (TPSA) is 139 Å². The highest BCUT2D eigenvalue weighted by atomic mass is 16.5. The van der Waals surface area contributed by atoms with E-state index in [1.807, 2.05) is 18.2 Å². The van der Waals surface area contributed by atoms with Gasteiger partial charge in [-0.15, -0.1) is 0 Å². The third kappa shape index (κ3) is 4.75. The Labute approximate surface area is 195 Å². The van der Waals surface area contributed by atoms with Gasteiger partial charge in [-0.05, 0) is 37.1 Å². The second-order valence-corrected chi connectivity index (χ2v) is 8.17. The zero-order valence-corrected chi connectivity index (χ0v) is 18.6. The number of amides is 2. The minimum Gasteiger partial charge on any atom is -0.481 e. The summed E-state index contributed by atoms with van der Waals surface area (Å²) in [6.45, 7) is 1.20. The average molecular weight is 463 g/mol. The van der Waals surface area contributed by atoms with E-state index in [4.69, 9.17) is 9.47 Å². The van der Waals surface area contributed by atoms with E-state index in [9.17, 15) is 9.59 Å². The number of carbonyl (C=O) groups is 2. The first-order chi connectivity index (χ1) is 16.6. The first-order valence-electron chi connectivity index (χ1n) is 11.1. The lowest BCUT2D eigenvalue weighted by molar-refractivity contribution is -0.119. The van der Waals surface area contributed by atoms with E-state index in [0.717, 1.165) is 12.1 Å². The molecule has 0 radical (unpaired) electrons. The van der Waals surface area contributed by atoms with Crippen LogP contribution in [0.1, 0.15) is 18.5 Å². The zero-order valence-electron chi connectivity index (χ0n) is 18.6. The van der Waals surface area contributed by atoms with Crippen LogP contribution in [0.2, 0.25) is 0 Å². The summed E-state index contributed by atoms with van der Waals surface area (Å²) >= 11 is 0. The van der Waals surface area contributed by atoms with Gasteiger partial charge in [0.15, 0.2) is 18.2 Å². The van der Waals surface area contributed by atoms with Crippen molar-refractivity contribution in [1.29, 1.82) is 0 Å². The fraction of sp³-hybridized carbons (Fsp3) is 0.348. The lowest BCUT2D eigenvalue weighted by atomic mass is 10.00. The molecule has 0 unspecified atom stereocenters. The average Bonchev–Trinajstić information content (AvgIpc) is 2.87. The molecular formula is C23H25N7O4. The molecule has 2 aliphatic heterocycles. The number of nitrogens with one attached hydrogen (secondary N) is 4. The van der Waals surface area contributed by atoms with Crippen LogP contribution in [0.15, 0.2) is 36.5 Å².